The molecule has 0 radical (unpaired) electrons. The van der Waals surface area contributed by atoms with Crippen LogP contribution in [0.25, 0.3) is 22.5 Å². The number of carbonyl (C=O) groups is 1. The first-order chi connectivity index (χ1) is 12.6. The van der Waals surface area contributed by atoms with Crippen molar-refractivity contribution in [1.82, 2.24) is 14.8 Å². The molecule has 136 valence electrons. The molecule has 0 bridgehead atoms. The van der Waals surface area contributed by atoms with Gasteiger partial charge in [-0.1, -0.05) is 38.1 Å². The molecule has 0 atom stereocenters. The molecule has 26 heavy (non-hydrogen) atoms. The van der Waals surface area contributed by atoms with Gasteiger partial charge in [-0.2, -0.15) is 0 Å². The molecule has 1 aromatic carbocycles. The number of hydrogen-bond donors (Lipinski definition) is 0. The summed E-state index contributed by atoms with van der Waals surface area (Å²) in [6, 6.07) is 10.1. The minimum atomic E-state index is -0.345. The lowest BCUT2D eigenvalue weighted by atomic mass is 10.1. The summed E-state index contributed by atoms with van der Waals surface area (Å²) >= 11 is 0. The summed E-state index contributed by atoms with van der Waals surface area (Å²) in [6.45, 7) is 6.88. The van der Waals surface area contributed by atoms with E-state index in [0.29, 0.717) is 30.9 Å². The molecule has 2 heterocycles. The van der Waals surface area contributed by atoms with Crippen molar-refractivity contribution in [2.75, 3.05) is 6.61 Å². The van der Waals surface area contributed by atoms with E-state index in [1.54, 1.807) is 13.0 Å². The fraction of sp³-hybridized carbons (Fsp3) is 0.350. The Bertz CT molecular complexity index is 921. The molecule has 0 aliphatic heterocycles. The topological polar surface area (TPSA) is 70.2 Å². The second-order valence-corrected chi connectivity index (χ2v) is 6.45. The Morgan fingerprint density at radius 1 is 1.31 bits per heavy atom. The average Bonchev–Trinajstić information content (AvgIpc) is 3.19. The maximum atomic E-state index is 11.5. The number of para-hydroxylation sites is 1. The fourth-order valence-electron chi connectivity index (χ4n) is 2.82. The number of hydrogen-bond acceptors (Lipinski definition) is 5. The summed E-state index contributed by atoms with van der Waals surface area (Å²) in [6.07, 6.45) is 3.97. The van der Waals surface area contributed by atoms with Crippen molar-refractivity contribution < 1.29 is 13.9 Å². The van der Waals surface area contributed by atoms with Gasteiger partial charge in [0, 0.05) is 29.9 Å². The standard InChI is InChI=1S/C20H23N3O3/c1-4-25-19(24)10-7-11-23-16-9-6-5-8-15(16)13-17(23)20-22-21-18(26-20)12-14(2)3/h5-10,13-14H,4,11-12H2,1-3H3/b10-7+. The molecule has 0 saturated heterocycles. The molecule has 0 aliphatic carbocycles. The zero-order chi connectivity index (χ0) is 18.5. The van der Waals surface area contributed by atoms with Gasteiger partial charge >= 0.3 is 5.97 Å². The van der Waals surface area contributed by atoms with Gasteiger partial charge in [0.25, 0.3) is 5.89 Å². The van der Waals surface area contributed by atoms with Gasteiger partial charge in [-0.05, 0) is 25.0 Å². The van der Waals surface area contributed by atoms with Gasteiger partial charge in [0.05, 0.1) is 6.61 Å². The second kappa shape index (κ2) is 7.99. The van der Waals surface area contributed by atoms with E-state index in [1.807, 2.05) is 30.3 Å². The molecule has 0 saturated carbocycles. The molecule has 0 spiro atoms. The molecule has 6 heteroatoms. The fourth-order valence-corrected chi connectivity index (χ4v) is 2.82. The van der Waals surface area contributed by atoms with Crippen LogP contribution in [-0.4, -0.2) is 27.3 Å². The number of nitrogens with zero attached hydrogens (tertiary/aromatic N) is 3. The van der Waals surface area contributed by atoms with E-state index in [9.17, 15) is 4.79 Å². The number of ether oxygens (including phenoxy) is 1. The van der Waals surface area contributed by atoms with Crippen molar-refractivity contribution >= 4 is 16.9 Å². The van der Waals surface area contributed by atoms with Crippen molar-refractivity contribution in [1.29, 1.82) is 0 Å². The predicted octanol–water partition coefficient (Wildman–Crippen LogP) is 4.01. The number of aromatic nitrogens is 3. The highest BCUT2D eigenvalue weighted by Crippen LogP contribution is 2.28. The Morgan fingerprint density at radius 2 is 2.12 bits per heavy atom. The monoisotopic (exact) mass is 353 g/mol. The summed E-state index contributed by atoms with van der Waals surface area (Å²) in [7, 11) is 0. The van der Waals surface area contributed by atoms with E-state index in [0.717, 1.165) is 23.0 Å². The summed E-state index contributed by atoms with van der Waals surface area (Å²) in [5.74, 6) is 1.22. The molecule has 0 aliphatic rings. The van der Waals surface area contributed by atoms with Crippen molar-refractivity contribution in [2.24, 2.45) is 5.92 Å². The van der Waals surface area contributed by atoms with Gasteiger partial charge in [-0.3, -0.25) is 0 Å². The summed E-state index contributed by atoms with van der Waals surface area (Å²) in [4.78, 5) is 11.5. The minimum absolute atomic E-state index is 0.345. The Morgan fingerprint density at radius 3 is 2.88 bits per heavy atom. The number of carbonyl (C=O) groups excluding carboxylic acids is 1. The number of rotatable bonds is 7. The van der Waals surface area contributed by atoms with Crippen LogP contribution in [0.3, 0.4) is 0 Å². The third-order valence-corrected chi connectivity index (χ3v) is 3.91. The van der Waals surface area contributed by atoms with Crippen LogP contribution in [0.1, 0.15) is 26.7 Å². The van der Waals surface area contributed by atoms with Gasteiger partial charge in [0.1, 0.15) is 5.69 Å². The lowest BCUT2D eigenvalue weighted by molar-refractivity contribution is -0.137. The Hall–Kier alpha value is -2.89. The van der Waals surface area contributed by atoms with Crippen LogP contribution in [0.4, 0.5) is 0 Å². The number of esters is 1. The first-order valence-corrected chi connectivity index (χ1v) is 8.82. The normalized spacial score (nSPS) is 11.7. The van der Waals surface area contributed by atoms with Gasteiger partial charge in [-0.25, -0.2) is 4.79 Å². The van der Waals surface area contributed by atoms with Gasteiger partial charge in [-0.15, -0.1) is 10.2 Å². The third kappa shape index (κ3) is 4.02. The van der Waals surface area contributed by atoms with Crippen LogP contribution in [0.5, 0.6) is 0 Å². The van der Waals surface area contributed by atoms with E-state index in [1.165, 1.54) is 6.08 Å². The van der Waals surface area contributed by atoms with Crippen molar-refractivity contribution in [3.05, 3.63) is 48.4 Å². The number of fused-ring (bicyclic) bond motifs is 1. The molecule has 6 nitrogen and oxygen atoms in total. The minimum Gasteiger partial charge on any atom is -0.463 e. The van der Waals surface area contributed by atoms with Crippen molar-refractivity contribution in [3.8, 4) is 11.6 Å². The zero-order valence-corrected chi connectivity index (χ0v) is 15.3. The predicted molar refractivity (Wildman–Crippen MR) is 99.5 cm³/mol. The maximum absolute atomic E-state index is 11.5. The molecular formula is C20H23N3O3. The molecule has 0 amide bonds. The maximum Gasteiger partial charge on any atom is 0.330 e. The van der Waals surface area contributed by atoms with Crippen LogP contribution < -0.4 is 0 Å². The first kappa shape index (κ1) is 17.9. The van der Waals surface area contributed by atoms with Crippen LogP contribution >= 0.6 is 0 Å². The van der Waals surface area contributed by atoms with Gasteiger partial charge < -0.3 is 13.7 Å². The highest BCUT2D eigenvalue weighted by atomic mass is 16.5. The number of allylic oxidation sites excluding steroid dienone is 1. The van der Waals surface area contributed by atoms with Gasteiger partial charge in [0.2, 0.25) is 5.89 Å². The van der Waals surface area contributed by atoms with E-state index in [4.69, 9.17) is 9.15 Å². The zero-order valence-electron chi connectivity index (χ0n) is 15.3. The summed E-state index contributed by atoms with van der Waals surface area (Å²) in [5, 5.41) is 9.45. The first-order valence-electron chi connectivity index (χ1n) is 8.82. The molecule has 3 rings (SSSR count). The third-order valence-electron chi connectivity index (χ3n) is 3.91. The quantitative estimate of drug-likeness (QED) is 0.474. The van der Waals surface area contributed by atoms with Crippen LogP contribution in [-0.2, 0) is 22.5 Å². The van der Waals surface area contributed by atoms with Crippen LogP contribution in [0.2, 0.25) is 0 Å². The van der Waals surface area contributed by atoms with E-state index >= 15 is 0 Å². The lowest BCUT2D eigenvalue weighted by Crippen LogP contribution is -2.02. The van der Waals surface area contributed by atoms with E-state index < -0.39 is 0 Å². The molecule has 0 unspecified atom stereocenters. The molecule has 3 aromatic rings. The van der Waals surface area contributed by atoms with Crippen molar-refractivity contribution in [2.45, 2.75) is 33.7 Å². The SMILES string of the molecule is CCOC(=O)/C=C/Cn1c(-c2nnc(CC(C)C)o2)cc2ccccc21. The Kier molecular flexibility index (Phi) is 5.51. The molecule has 0 fully saturated rings. The smallest absolute Gasteiger partial charge is 0.330 e. The van der Waals surface area contributed by atoms with E-state index in [2.05, 4.69) is 28.6 Å². The molecular weight excluding hydrogens is 330 g/mol. The highest BCUT2D eigenvalue weighted by Gasteiger charge is 2.16. The van der Waals surface area contributed by atoms with Crippen LogP contribution in [0.15, 0.2) is 46.9 Å². The highest BCUT2D eigenvalue weighted by molar-refractivity contribution is 5.86. The summed E-state index contributed by atoms with van der Waals surface area (Å²) in [5.41, 5.74) is 1.88. The Labute approximate surface area is 152 Å². The molecule has 2 aromatic heterocycles. The van der Waals surface area contributed by atoms with Crippen LogP contribution in [0, 0.1) is 5.92 Å². The second-order valence-electron chi connectivity index (χ2n) is 6.45. The van der Waals surface area contributed by atoms with Crippen molar-refractivity contribution in [3.63, 3.8) is 0 Å². The lowest BCUT2D eigenvalue weighted by Gasteiger charge is -2.05. The van der Waals surface area contributed by atoms with E-state index in [-0.39, 0.29) is 5.97 Å². The van der Waals surface area contributed by atoms with Gasteiger partial charge in [0.15, 0.2) is 0 Å². The number of benzene rings is 1. The average molecular weight is 353 g/mol. The largest absolute Gasteiger partial charge is 0.463 e. The Balaban J connectivity index is 1.94. The summed E-state index contributed by atoms with van der Waals surface area (Å²) < 4.78 is 12.8. The molecule has 0 N–H and O–H groups in total.